The van der Waals surface area contributed by atoms with E-state index in [-0.39, 0.29) is 5.91 Å². The van der Waals surface area contributed by atoms with Crippen molar-refractivity contribution in [1.82, 2.24) is 9.88 Å². The highest BCUT2D eigenvalue weighted by Gasteiger charge is 2.37. The minimum atomic E-state index is 0.111. The zero-order valence-electron chi connectivity index (χ0n) is 15.4. The number of carbonyl (C=O) groups is 1. The Labute approximate surface area is 159 Å². The summed E-state index contributed by atoms with van der Waals surface area (Å²) in [4.78, 5) is 19.6. The maximum atomic E-state index is 13.4. The van der Waals surface area contributed by atoms with Gasteiger partial charge in [0.15, 0.2) is 0 Å². The van der Waals surface area contributed by atoms with Gasteiger partial charge in [0.2, 0.25) is 0 Å². The molecule has 5 rings (SSSR count). The number of benzene rings is 1. The molecule has 1 fully saturated rings. The molecule has 1 aromatic carbocycles. The highest BCUT2D eigenvalue weighted by Crippen LogP contribution is 2.44. The molecule has 3 atom stereocenters. The van der Waals surface area contributed by atoms with Crippen LogP contribution in [0.3, 0.4) is 0 Å². The summed E-state index contributed by atoms with van der Waals surface area (Å²) in [7, 11) is 0. The minimum absolute atomic E-state index is 0.111. The smallest absolute Gasteiger partial charge is 0.254 e. The summed E-state index contributed by atoms with van der Waals surface area (Å²) in [5, 5.41) is 0. The third kappa shape index (κ3) is 3.25. The number of rotatable bonds is 5. The van der Waals surface area contributed by atoms with Crippen LogP contribution in [-0.4, -0.2) is 28.9 Å². The molecule has 138 valence electrons. The average molecular weight is 360 g/mol. The lowest BCUT2D eigenvalue weighted by Gasteiger charge is -2.29. The van der Waals surface area contributed by atoms with E-state index in [4.69, 9.17) is 4.74 Å². The standard InChI is InChI=1S/C23H24N2O2/c26-23(20-5-6-22-19(12-20)7-9-27-22)25(14-17-2-1-8-24-13-17)15-21-11-16-3-4-18(21)10-16/h1-6,8,12-13,16,18,21H,7,9-11,14-15H2/t16-,18-,21-/m0/s1. The number of carbonyl (C=O) groups excluding carboxylic acids is 1. The second kappa shape index (κ2) is 6.84. The van der Waals surface area contributed by atoms with Gasteiger partial charge in [-0.3, -0.25) is 9.78 Å². The molecule has 4 heteroatoms. The van der Waals surface area contributed by atoms with Gasteiger partial charge in [0.25, 0.3) is 5.91 Å². The molecule has 27 heavy (non-hydrogen) atoms. The topological polar surface area (TPSA) is 42.4 Å². The lowest BCUT2D eigenvalue weighted by molar-refractivity contribution is 0.0704. The lowest BCUT2D eigenvalue weighted by atomic mass is 9.92. The zero-order valence-corrected chi connectivity index (χ0v) is 15.4. The predicted molar refractivity (Wildman–Crippen MR) is 103 cm³/mol. The van der Waals surface area contributed by atoms with Crippen LogP contribution in [-0.2, 0) is 13.0 Å². The number of allylic oxidation sites excluding steroid dienone is 2. The molecule has 1 aromatic heterocycles. The maximum absolute atomic E-state index is 13.4. The molecule has 0 saturated heterocycles. The van der Waals surface area contributed by atoms with Gasteiger partial charge in [-0.2, -0.15) is 0 Å². The number of amides is 1. The van der Waals surface area contributed by atoms with Crippen molar-refractivity contribution in [2.45, 2.75) is 25.8 Å². The molecule has 2 aromatic rings. The van der Waals surface area contributed by atoms with E-state index in [1.54, 1.807) is 6.20 Å². The molecule has 0 N–H and O–H groups in total. The van der Waals surface area contributed by atoms with Crippen LogP contribution in [0, 0.1) is 17.8 Å². The molecule has 2 aliphatic carbocycles. The molecule has 0 radical (unpaired) electrons. The van der Waals surface area contributed by atoms with Gasteiger partial charge in [-0.1, -0.05) is 18.2 Å². The maximum Gasteiger partial charge on any atom is 0.254 e. The number of fused-ring (bicyclic) bond motifs is 3. The van der Waals surface area contributed by atoms with Crippen molar-refractivity contribution in [1.29, 1.82) is 0 Å². The first-order chi connectivity index (χ1) is 13.3. The second-order valence-corrected chi connectivity index (χ2v) is 8.01. The first-order valence-corrected chi connectivity index (χ1v) is 9.88. The van der Waals surface area contributed by atoms with Crippen molar-refractivity contribution in [2.24, 2.45) is 17.8 Å². The third-order valence-corrected chi connectivity index (χ3v) is 6.19. The Morgan fingerprint density at radius 3 is 2.96 bits per heavy atom. The lowest BCUT2D eigenvalue weighted by Crippen LogP contribution is -2.36. The number of aromatic nitrogens is 1. The molecule has 3 aliphatic rings. The molecule has 0 spiro atoms. The molecule has 1 amide bonds. The van der Waals surface area contributed by atoms with E-state index in [9.17, 15) is 4.79 Å². The van der Waals surface area contributed by atoms with Gasteiger partial charge in [0.05, 0.1) is 6.61 Å². The fourth-order valence-electron chi connectivity index (χ4n) is 4.82. The quantitative estimate of drug-likeness (QED) is 0.760. The highest BCUT2D eigenvalue weighted by molar-refractivity contribution is 5.94. The zero-order chi connectivity index (χ0) is 18.2. The number of hydrogen-bond acceptors (Lipinski definition) is 3. The molecular formula is C23H24N2O2. The van der Waals surface area contributed by atoms with Crippen LogP contribution in [0.1, 0.15) is 34.3 Å². The first kappa shape index (κ1) is 16.5. The number of pyridine rings is 1. The van der Waals surface area contributed by atoms with Crippen molar-refractivity contribution in [3.63, 3.8) is 0 Å². The minimum Gasteiger partial charge on any atom is -0.493 e. The second-order valence-electron chi connectivity index (χ2n) is 8.01. The van der Waals surface area contributed by atoms with Gasteiger partial charge in [-0.15, -0.1) is 0 Å². The van der Waals surface area contributed by atoms with E-state index >= 15 is 0 Å². The monoisotopic (exact) mass is 360 g/mol. The summed E-state index contributed by atoms with van der Waals surface area (Å²) in [6.45, 7) is 2.13. The Kier molecular flexibility index (Phi) is 4.19. The first-order valence-electron chi connectivity index (χ1n) is 9.88. The van der Waals surface area contributed by atoms with Crippen molar-refractivity contribution in [3.8, 4) is 5.75 Å². The summed E-state index contributed by atoms with van der Waals surface area (Å²) in [6, 6.07) is 9.85. The Bertz CT molecular complexity index is 877. The summed E-state index contributed by atoms with van der Waals surface area (Å²) in [5.74, 6) is 2.95. The average Bonchev–Trinajstić information content (AvgIpc) is 3.44. The molecular weight excluding hydrogens is 336 g/mol. The Balaban J connectivity index is 1.40. The molecule has 2 heterocycles. The van der Waals surface area contributed by atoms with Crippen LogP contribution >= 0.6 is 0 Å². The largest absolute Gasteiger partial charge is 0.493 e. The molecule has 1 aliphatic heterocycles. The van der Waals surface area contributed by atoms with Crippen LogP contribution in [0.25, 0.3) is 0 Å². The number of nitrogens with zero attached hydrogens (tertiary/aromatic N) is 2. The number of hydrogen-bond donors (Lipinski definition) is 0. The summed E-state index contributed by atoms with van der Waals surface area (Å²) in [6.07, 6.45) is 11.7. The van der Waals surface area contributed by atoms with Crippen LogP contribution in [0.15, 0.2) is 54.9 Å². The van der Waals surface area contributed by atoms with Crippen LogP contribution in [0.5, 0.6) is 5.75 Å². The van der Waals surface area contributed by atoms with Gasteiger partial charge in [0, 0.05) is 37.5 Å². The fraction of sp³-hybridized carbons (Fsp3) is 0.391. The van der Waals surface area contributed by atoms with Gasteiger partial charge in [0.1, 0.15) is 5.75 Å². The van der Waals surface area contributed by atoms with Gasteiger partial charge in [-0.05, 0) is 66.0 Å². The van der Waals surface area contributed by atoms with E-state index in [0.717, 1.165) is 35.4 Å². The van der Waals surface area contributed by atoms with E-state index < -0.39 is 0 Å². The highest BCUT2D eigenvalue weighted by atomic mass is 16.5. The summed E-state index contributed by atoms with van der Waals surface area (Å²) >= 11 is 0. The summed E-state index contributed by atoms with van der Waals surface area (Å²) < 4.78 is 5.59. The van der Waals surface area contributed by atoms with Crippen molar-refractivity contribution in [2.75, 3.05) is 13.2 Å². The van der Waals surface area contributed by atoms with Crippen LogP contribution in [0.4, 0.5) is 0 Å². The van der Waals surface area contributed by atoms with Crippen molar-refractivity contribution < 1.29 is 9.53 Å². The number of ether oxygens (including phenoxy) is 1. The van der Waals surface area contributed by atoms with Gasteiger partial charge >= 0.3 is 0 Å². The Morgan fingerprint density at radius 2 is 2.19 bits per heavy atom. The van der Waals surface area contributed by atoms with Crippen molar-refractivity contribution >= 4 is 5.91 Å². The molecule has 1 saturated carbocycles. The third-order valence-electron chi connectivity index (χ3n) is 6.19. The Morgan fingerprint density at radius 1 is 1.22 bits per heavy atom. The van der Waals surface area contributed by atoms with Gasteiger partial charge in [-0.25, -0.2) is 0 Å². The van der Waals surface area contributed by atoms with E-state index in [2.05, 4.69) is 17.1 Å². The van der Waals surface area contributed by atoms with Gasteiger partial charge < -0.3 is 9.64 Å². The SMILES string of the molecule is O=C(c1ccc2c(c1)CCO2)N(Cc1cccnc1)C[C@@H]1C[C@H]2C=C[C@H]1C2. The van der Waals surface area contributed by atoms with E-state index in [0.29, 0.717) is 30.9 Å². The van der Waals surface area contributed by atoms with Crippen LogP contribution < -0.4 is 4.74 Å². The fourth-order valence-corrected chi connectivity index (χ4v) is 4.82. The normalized spacial score (nSPS) is 24.7. The van der Waals surface area contributed by atoms with Crippen molar-refractivity contribution in [3.05, 3.63) is 71.6 Å². The van der Waals surface area contributed by atoms with Crippen LogP contribution in [0.2, 0.25) is 0 Å². The molecule has 2 bridgehead atoms. The Hall–Kier alpha value is -2.62. The molecule has 0 unspecified atom stereocenters. The summed E-state index contributed by atoms with van der Waals surface area (Å²) in [5.41, 5.74) is 2.99. The predicted octanol–water partition coefficient (Wildman–Crippen LogP) is 3.87. The molecule has 4 nitrogen and oxygen atoms in total. The van der Waals surface area contributed by atoms with E-state index in [1.807, 2.05) is 41.4 Å². The van der Waals surface area contributed by atoms with E-state index in [1.165, 1.54) is 12.8 Å².